The molecule has 1 N–H and O–H groups in total. The van der Waals surface area contributed by atoms with E-state index < -0.39 is 6.29 Å². The Balaban J connectivity index is 3.04. The Bertz CT molecular complexity index is 275. The van der Waals surface area contributed by atoms with Crippen LogP contribution >= 0.6 is 0 Å². The molecule has 0 heterocycles. The first-order chi connectivity index (χ1) is 5.79. The van der Waals surface area contributed by atoms with Gasteiger partial charge in [-0.05, 0) is 11.2 Å². The largest absolute Gasteiger partial charge is 0.364 e. The van der Waals surface area contributed by atoms with Crippen molar-refractivity contribution in [1.82, 2.24) is 0 Å². The molecule has 64 valence electrons. The van der Waals surface area contributed by atoms with E-state index in [1.807, 2.05) is 0 Å². The minimum atomic E-state index is -1.08. The van der Waals surface area contributed by atoms with E-state index in [1.165, 1.54) is 13.2 Å². The summed E-state index contributed by atoms with van der Waals surface area (Å²) in [6.07, 6.45) is -1.08. The van der Waals surface area contributed by atoms with Gasteiger partial charge in [-0.1, -0.05) is 18.2 Å². The van der Waals surface area contributed by atoms with Gasteiger partial charge in [0.25, 0.3) is 0 Å². The quantitative estimate of drug-likeness (QED) is 0.550. The van der Waals surface area contributed by atoms with Gasteiger partial charge in [0.05, 0.1) is 0 Å². The van der Waals surface area contributed by atoms with Crippen molar-refractivity contribution >= 4 is 5.69 Å². The van der Waals surface area contributed by atoms with E-state index in [4.69, 9.17) is 0 Å². The van der Waals surface area contributed by atoms with Crippen LogP contribution in [0.3, 0.4) is 0 Å². The predicted octanol–water partition coefficient (Wildman–Crippen LogP) is 1.72. The molecule has 1 aromatic carbocycles. The van der Waals surface area contributed by atoms with E-state index in [9.17, 15) is 10.0 Å². The van der Waals surface area contributed by atoms with Crippen molar-refractivity contribution in [2.75, 3.05) is 7.11 Å². The molecular weight excluding hydrogens is 158 g/mol. The molecule has 0 fully saturated rings. The zero-order valence-corrected chi connectivity index (χ0v) is 6.60. The Morgan fingerprint density at radius 2 is 2.17 bits per heavy atom. The minimum Gasteiger partial charge on any atom is -0.364 e. The molecule has 0 aliphatic carbocycles. The van der Waals surface area contributed by atoms with Gasteiger partial charge in [0.1, 0.15) is 5.69 Å². The highest BCUT2D eigenvalue weighted by atomic mass is 16.6. The number of aliphatic hydroxyl groups is 1. The number of nitrogens with zero attached hydrogens (tertiary/aromatic N) is 1. The van der Waals surface area contributed by atoms with Gasteiger partial charge in [-0.2, -0.15) is 0 Å². The average molecular weight is 167 g/mol. The Labute approximate surface area is 69.8 Å². The van der Waals surface area contributed by atoms with Crippen molar-refractivity contribution in [3.8, 4) is 0 Å². The molecule has 12 heavy (non-hydrogen) atoms. The molecular formula is C8H9NO3. The van der Waals surface area contributed by atoms with Crippen molar-refractivity contribution in [1.29, 1.82) is 0 Å². The number of benzene rings is 1. The van der Waals surface area contributed by atoms with Crippen LogP contribution in [0.5, 0.6) is 0 Å². The second-order valence-electron chi connectivity index (χ2n) is 2.24. The molecule has 4 nitrogen and oxygen atoms in total. The first-order valence-corrected chi connectivity index (χ1v) is 3.42. The molecule has 0 aliphatic rings. The molecule has 1 rings (SSSR count). The third kappa shape index (κ3) is 1.66. The average Bonchev–Trinajstić information content (AvgIpc) is 2.16. The zero-order chi connectivity index (χ0) is 8.97. The Hall–Kier alpha value is -1.26. The summed E-state index contributed by atoms with van der Waals surface area (Å²) in [4.78, 5) is 10.2. The molecule has 0 aromatic heterocycles. The fourth-order valence-corrected chi connectivity index (χ4v) is 0.906. The maximum atomic E-state index is 10.2. The summed E-state index contributed by atoms with van der Waals surface area (Å²) >= 11 is 0. The fraction of sp³-hybridized carbons (Fsp3) is 0.250. The lowest BCUT2D eigenvalue weighted by molar-refractivity contribution is -0.0764. The lowest BCUT2D eigenvalue weighted by Crippen LogP contribution is -1.98. The van der Waals surface area contributed by atoms with Crippen LogP contribution in [0.15, 0.2) is 29.4 Å². The minimum absolute atomic E-state index is 0.201. The van der Waals surface area contributed by atoms with Gasteiger partial charge < -0.3 is 9.84 Å². The van der Waals surface area contributed by atoms with E-state index in [0.29, 0.717) is 5.56 Å². The number of nitroso groups, excluding NO2 is 1. The molecule has 0 saturated heterocycles. The van der Waals surface area contributed by atoms with Gasteiger partial charge in [0, 0.05) is 12.7 Å². The van der Waals surface area contributed by atoms with Crippen LogP contribution in [-0.4, -0.2) is 12.2 Å². The van der Waals surface area contributed by atoms with Gasteiger partial charge in [0.15, 0.2) is 6.29 Å². The van der Waals surface area contributed by atoms with Gasteiger partial charge in [-0.15, -0.1) is 4.91 Å². The number of aliphatic hydroxyl groups excluding tert-OH is 1. The molecule has 0 aliphatic heterocycles. The lowest BCUT2D eigenvalue weighted by atomic mass is 10.2. The molecule has 1 unspecified atom stereocenters. The van der Waals surface area contributed by atoms with Crippen molar-refractivity contribution < 1.29 is 9.84 Å². The summed E-state index contributed by atoms with van der Waals surface area (Å²) in [6, 6.07) is 6.48. The summed E-state index contributed by atoms with van der Waals surface area (Å²) in [6.45, 7) is 0. The standard InChI is InChI=1S/C8H9NO3/c1-12-8(10)6-4-2-3-5-7(6)9-11/h2-5,8,10H,1H3. The van der Waals surface area contributed by atoms with E-state index in [2.05, 4.69) is 9.91 Å². The van der Waals surface area contributed by atoms with Crippen LogP contribution in [0, 0.1) is 4.91 Å². The van der Waals surface area contributed by atoms with E-state index >= 15 is 0 Å². The van der Waals surface area contributed by atoms with Crippen molar-refractivity contribution in [3.05, 3.63) is 34.7 Å². The van der Waals surface area contributed by atoms with Gasteiger partial charge in [-0.25, -0.2) is 0 Å². The Morgan fingerprint density at radius 3 is 2.75 bits per heavy atom. The van der Waals surface area contributed by atoms with Crippen LogP contribution in [-0.2, 0) is 4.74 Å². The van der Waals surface area contributed by atoms with Crippen molar-refractivity contribution in [3.63, 3.8) is 0 Å². The number of methoxy groups -OCH3 is 1. The SMILES string of the molecule is COC(O)c1ccccc1N=O. The molecule has 0 spiro atoms. The summed E-state index contributed by atoms with van der Waals surface area (Å²) < 4.78 is 4.64. The van der Waals surface area contributed by atoms with Crippen molar-refractivity contribution in [2.45, 2.75) is 6.29 Å². The van der Waals surface area contributed by atoms with Crippen LogP contribution in [0.4, 0.5) is 5.69 Å². The predicted molar refractivity (Wildman–Crippen MR) is 43.9 cm³/mol. The maximum absolute atomic E-state index is 10.2. The molecule has 1 atom stereocenters. The fourth-order valence-electron chi connectivity index (χ4n) is 0.906. The molecule has 1 aromatic rings. The highest BCUT2D eigenvalue weighted by Gasteiger charge is 2.10. The summed E-state index contributed by atoms with van der Waals surface area (Å²) in [5.74, 6) is 0. The molecule has 0 amide bonds. The first kappa shape index (κ1) is 8.83. The number of ether oxygens (including phenoxy) is 1. The second-order valence-corrected chi connectivity index (χ2v) is 2.24. The Morgan fingerprint density at radius 1 is 1.50 bits per heavy atom. The van der Waals surface area contributed by atoms with Gasteiger partial charge >= 0.3 is 0 Å². The monoisotopic (exact) mass is 167 g/mol. The lowest BCUT2D eigenvalue weighted by Gasteiger charge is -2.08. The highest BCUT2D eigenvalue weighted by molar-refractivity contribution is 5.45. The Kier molecular flexibility index (Phi) is 2.90. The number of hydrogen-bond acceptors (Lipinski definition) is 4. The van der Waals surface area contributed by atoms with E-state index in [1.54, 1.807) is 18.2 Å². The van der Waals surface area contributed by atoms with E-state index in [-0.39, 0.29) is 5.69 Å². The second kappa shape index (κ2) is 3.94. The summed E-state index contributed by atoms with van der Waals surface area (Å²) in [5, 5.41) is 12.0. The van der Waals surface area contributed by atoms with Gasteiger partial charge in [-0.3, -0.25) is 0 Å². The maximum Gasteiger partial charge on any atom is 0.183 e. The third-order valence-corrected chi connectivity index (χ3v) is 1.52. The molecule has 4 heteroatoms. The topological polar surface area (TPSA) is 58.9 Å². The van der Waals surface area contributed by atoms with Gasteiger partial charge in [0.2, 0.25) is 0 Å². The molecule has 0 saturated carbocycles. The summed E-state index contributed by atoms with van der Waals surface area (Å²) in [7, 11) is 1.35. The molecule has 0 radical (unpaired) electrons. The highest BCUT2D eigenvalue weighted by Crippen LogP contribution is 2.24. The first-order valence-electron chi connectivity index (χ1n) is 3.42. The van der Waals surface area contributed by atoms with E-state index in [0.717, 1.165) is 0 Å². The van der Waals surface area contributed by atoms with Crippen LogP contribution < -0.4 is 0 Å². The normalized spacial score (nSPS) is 12.5. The number of hydrogen-bond donors (Lipinski definition) is 1. The van der Waals surface area contributed by atoms with Crippen LogP contribution in [0.2, 0.25) is 0 Å². The number of rotatable bonds is 3. The van der Waals surface area contributed by atoms with Crippen molar-refractivity contribution in [2.24, 2.45) is 5.18 Å². The van der Waals surface area contributed by atoms with Crippen LogP contribution in [0.1, 0.15) is 11.9 Å². The molecule has 0 bridgehead atoms. The smallest absolute Gasteiger partial charge is 0.183 e. The van der Waals surface area contributed by atoms with Crippen LogP contribution in [0.25, 0.3) is 0 Å². The zero-order valence-electron chi connectivity index (χ0n) is 6.60. The summed E-state index contributed by atoms with van der Waals surface area (Å²) in [5.41, 5.74) is 0.585. The third-order valence-electron chi connectivity index (χ3n) is 1.52.